The van der Waals surface area contributed by atoms with Crippen molar-refractivity contribution in [3.05, 3.63) is 47.5 Å². The number of amides is 3. The Bertz CT molecular complexity index is 991. The average molecular weight is 422 g/mol. The third-order valence-electron chi connectivity index (χ3n) is 6.00. The summed E-state index contributed by atoms with van der Waals surface area (Å²) in [6.07, 6.45) is 3.55. The van der Waals surface area contributed by atoms with E-state index in [-0.39, 0.29) is 43.1 Å². The van der Waals surface area contributed by atoms with Gasteiger partial charge in [-0.05, 0) is 43.7 Å². The van der Waals surface area contributed by atoms with Crippen LogP contribution in [0.1, 0.15) is 66.2 Å². The number of carbonyl (C=O) groups is 4. The molecule has 4 rings (SSSR count). The predicted octanol–water partition coefficient (Wildman–Crippen LogP) is 3.21. The lowest BCUT2D eigenvalue weighted by Gasteiger charge is -2.27. The van der Waals surface area contributed by atoms with Crippen LogP contribution in [0.25, 0.3) is 10.8 Å². The van der Waals surface area contributed by atoms with Crippen LogP contribution in [0.5, 0.6) is 0 Å². The van der Waals surface area contributed by atoms with Crippen LogP contribution in [-0.4, -0.2) is 47.3 Å². The Morgan fingerprint density at radius 2 is 1.68 bits per heavy atom. The van der Waals surface area contributed by atoms with Gasteiger partial charge in [0.15, 0.2) is 6.10 Å². The Kier molecular flexibility index (Phi) is 6.02. The number of hydrogen-bond acceptors (Lipinski definition) is 5. The molecule has 1 fully saturated rings. The number of esters is 1. The first kappa shape index (κ1) is 21.0. The molecule has 0 aromatic heterocycles. The zero-order chi connectivity index (χ0) is 22.0. The van der Waals surface area contributed by atoms with Crippen molar-refractivity contribution in [3.8, 4) is 0 Å². The van der Waals surface area contributed by atoms with Gasteiger partial charge in [-0.2, -0.15) is 0 Å². The first-order chi connectivity index (χ1) is 15.0. The van der Waals surface area contributed by atoms with E-state index in [1.807, 2.05) is 12.1 Å². The summed E-state index contributed by atoms with van der Waals surface area (Å²) < 4.78 is 5.23. The highest BCUT2D eigenvalue weighted by Crippen LogP contribution is 2.30. The van der Waals surface area contributed by atoms with Crippen molar-refractivity contribution in [2.75, 3.05) is 6.54 Å². The lowest BCUT2D eigenvalue weighted by atomic mass is 9.94. The molecular weight excluding hydrogens is 396 g/mol. The molecule has 0 radical (unpaired) electrons. The highest BCUT2D eigenvalue weighted by molar-refractivity contribution is 6.25. The molecule has 1 atom stereocenters. The lowest BCUT2D eigenvalue weighted by molar-refractivity contribution is -0.155. The second-order valence-electron chi connectivity index (χ2n) is 8.20. The fourth-order valence-corrected chi connectivity index (χ4v) is 4.36. The van der Waals surface area contributed by atoms with Gasteiger partial charge in [-0.3, -0.25) is 24.1 Å². The van der Waals surface area contributed by atoms with E-state index in [1.54, 1.807) is 31.2 Å². The molecule has 2 aromatic rings. The molecule has 0 spiro atoms. The van der Waals surface area contributed by atoms with Gasteiger partial charge in [0.25, 0.3) is 17.7 Å². The second kappa shape index (κ2) is 8.88. The van der Waals surface area contributed by atoms with Gasteiger partial charge < -0.3 is 10.1 Å². The fourth-order valence-electron chi connectivity index (χ4n) is 4.36. The van der Waals surface area contributed by atoms with Gasteiger partial charge in [0.1, 0.15) is 0 Å². The standard InChI is InChI=1S/C24H26N2O5/c1-15(22(28)25-17-9-2-3-10-17)31-20(27)13-6-14-26-23(29)18-11-4-7-16-8-5-12-19(21(16)18)24(26)30/h4-5,7-8,11-12,15,17H,2-3,6,9-10,13-14H2,1H3,(H,25,28)/t15-/m0/s1. The Morgan fingerprint density at radius 1 is 1.06 bits per heavy atom. The number of nitrogens with zero attached hydrogens (tertiary/aromatic N) is 1. The maximum atomic E-state index is 12.9. The van der Waals surface area contributed by atoms with Gasteiger partial charge in [-0.25, -0.2) is 0 Å². The van der Waals surface area contributed by atoms with Crippen molar-refractivity contribution in [1.82, 2.24) is 10.2 Å². The van der Waals surface area contributed by atoms with Crippen LogP contribution in [0.3, 0.4) is 0 Å². The molecular formula is C24H26N2O5. The quantitative estimate of drug-likeness (QED) is 0.546. The largest absolute Gasteiger partial charge is 0.453 e. The summed E-state index contributed by atoms with van der Waals surface area (Å²) in [6.45, 7) is 1.66. The maximum absolute atomic E-state index is 12.9. The van der Waals surface area contributed by atoms with Crippen LogP contribution < -0.4 is 5.32 Å². The molecule has 0 unspecified atom stereocenters. The summed E-state index contributed by atoms with van der Waals surface area (Å²) in [5, 5.41) is 4.44. The molecule has 0 bridgehead atoms. The Morgan fingerprint density at radius 3 is 2.29 bits per heavy atom. The maximum Gasteiger partial charge on any atom is 0.306 e. The van der Waals surface area contributed by atoms with Gasteiger partial charge in [0.2, 0.25) is 0 Å². The summed E-state index contributed by atoms with van der Waals surface area (Å²) in [6, 6.07) is 10.9. The Balaban J connectivity index is 1.31. The lowest BCUT2D eigenvalue weighted by Crippen LogP contribution is -2.41. The molecule has 162 valence electrons. The smallest absolute Gasteiger partial charge is 0.306 e. The normalized spacial score (nSPS) is 17.1. The number of carbonyl (C=O) groups excluding carboxylic acids is 4. The highest BCUT2D eigenvalue weighted by Gasteiger charge is 2.32. The third kappa shape index (κ3) is 4.31. The molecule has 3 amide bonds. The van der Waals surface area contributed by atoms with E-state index in [0.717, 1.165) is 31.1 Å². The molecule has 2 aliphatic rings. The first-order valence-corrected chi connectivity index (χ1v) is 10.8. The van der Waals surface area contributed by atoms with E-state index in [1.165, 1.54) is 4.90 Å². The SMILES string of the molecule is C[C@H](OC(=O)CCCN1C(=O)c2cccc3cccc(c23)C1=O)C(=O)NC1CCCC1. The van der Waals surface area contributed by atoms with Gasteiger partial charge in [0, 0.05) is 35.5 Å². The van der Waals surface area contributed by atoms with Crippen LogP contribution in [0.2, 0.25) is 0 Å². The van der Waals surface area contributed by atoms with E-state index in [2.05, 4.69) is 5.32 Å². The van der Waals surface area contributed by atoms with Crippen molar-refractivity contribution >= 4 is 34.5 Å². The van der Waals surface area contributed by atoms with Gasteiger partial charge in [0.05, 0.1) is 0 Å². The molecule has 31 heavy (non-hydrogen) atoms. The van der Waals surface area contributed by atoms with Crippen molar-refractivity contribution in [1.29, 1.82) is 0 Å². The van der Waals surface area contributed by atoms with Crippen LogP contribution in [0.15, 0.2) is 36.4 Å². The third-order valence-corrected chi connectivity index (χ3v) is 6.00. The minimum absolute atomic E-state index is 0.0178. The summed E-state index contributed by atoms with van der Waals surface area (Å²) in [4.78, 5) is 51.2. The zero-order valence-corrected chi connectivity index (χ0v) is 17.6. The van der Waals surface area contributed by atoms with Crippen LogP contribution in [0, 0.1) is 0 Å². The monoisotopic (exact) mass is 422 g/mol. The number of nitrogens with one attached hydrogen (secondary N) is 1. The molecule has 7 nitrogen and oxygen atoms in total. The Labute approximate surface area is 180 Å². The molecule has 7 heteroatoms. The highest BCUT2D eigenvalue weighted by atomic mass is 16.5. The summed E-state index contributed by atoms with van der Waals surface area (Å²) in [5.41, 5.74) is 0.986. The topological polar surface area (TPSA) is 92.8 Å². The molecule has 1 saturated carbocycles. The number of benzene rings is 2. The average Bonchev–Trinajstić information content (AvgIpc) is 3.27. The molecule has 1 aliphatic heterocycles. The van der Waals surface area contributed by atoms with Crippen LogP contribution in [-0.2, 0) is 14.3 Å². The molecule has 1 aliphatic carbocycles. The van der Waals surface area contributed by atoms with Crippen molar-refractivity contribution in [2.24, 2.45) is 0 Å². The van der Waals surface area contributed by atoms with Crippen molar-refractivity contribution in [3.63, 3.8) is 0 Å². The molecule has 1 heterocycles. The summed E-state index contributed by atoms with van der Waals surface area (Å²) in [7, 11) is 0. The van der Waals surface area contributed by atoms with Crippen molar-refractivity contribution < 1.29 is 23.9 Å². The van der Waals surface area contributed by atoms with E-state index >= 15 is 0 Å². The van der Waals surface area contributed by atoms with Gasteiger partial charge in [-0.1, -0.05) is 37.1 Å². The van der Waals surface area contributed by atoms with E-state index in [0.29, 0.717) is 16.5 Å². The van der Waals surface area contributed by atoms with Crippen LogP contribution in [0.4, 0.5) is 0 Å². The van der Waals surface area contributed by atoms with E-state index in [4.69, 9.17) is 4.74 Å². The molecule has 0 saturated heterocycles. The van der Waals surface area contributed by atoms with E-state index < -0.39 is 12.1 Å². The van der Waals surface area contributed by atoms with Crippen LogP contribution >= 0.6 is 0 Å². The first-order valence-electron chi connectivity index (χ1n) is 10.8. The zero-order valence-electron chi connectivity index (χ0n) is 17.6. The summed E-state index contributed by atoms with van der Waals surface area (Å²) >= 11 is 0. The minimum Gasteiger partial charge on any atom is -0.453 e. The second-order valence-corrected chi connectivity index (χ2v) is 8.20. The van der Waals surface area contributed by atoms with Gasteiger partial charge >= 0.3 is 5.97 Å². The predicted molar refractivity (Wildman–Crippen MR) is 115 cm³/mol. The van der Waals surface area contributed by atoms with Crippen molar-refractivity contribution in [2.45, 2.75) is 57.6 Å². The molecule has 1 N–H and O–H groups in total. The summed E-state index contributed by atoms with van der Waals surface area (Å²) in [5.74, 6) is -1.52. The van der Waals surface area contributed by atoms with E-state index in [9.17, 15) is 19.2 Å². The fraction of sp³-hybridized carbons (Fsp3) is 0.417. The Hall–Kier alpha value is -3.22. The number of rotatable bonds is 7. The molecule has 2 aromatic carbocycles. The number of ether oxygens (including phenoxy) is 1. The number of imide groups is 1. The van der Waals surface area contributed by atoms with Gasteiger partial charge in [-0.15, -0.1) is 0 Å². The number of hydrogen-bond donors (Lipinski definition) is 1. The minimum atomic E-state index is -0.865.